The van der Waals surface area contributed by atoms with Gasteiger partial charge in [-0.05, 0) is 66.3 Å². The van der Waals surface area contributed by atoms with Crippen molar-refractivity contribution in [1.29, 1.82) is 0 Å². The molecule has 47 heavy (non-hydrogen) atoms. The number of aliphatic hydroxyl groups excluding tert-OH is 2. The molecule has 0 bridgehead atoms. The van der Waals surface area contributed by atoms with Crippen molar-refractivity contribution in [3.05, 3.63) is 114 Å². The summed E-state index contributed by atoms with van der Waals surface area (Å²) in [7, 11) is 0. The second-order valence-electron chi connectivity index (χ2n) is 11.4. The van der Waals surface area contributed by atoms with Gasteiger partial charge in [0.05, 0.1) is 29.9 Å². The summed E-state index contributed by atoms with van der Waals surface area (Å²) in [5.41, 5.74) is 7.05. The molecule has 0 spiro atoms. The molecule has 246 valence electrons. The van der Waals surface area contributed by atoms with Crippen molar-refractivity contribution in [2.75, 3.05) is 5.32 Å². The van der Waals surface area contributed by atoms with Crippen molar-refractivity contribution in [2.24, 2.45) is 16.3 Å². The number of rotatable bonds is 15. The molecule has 3 aromatic carbocycles. The summed E-state index contributed by atoms with van der Waals surface area (Å²) in [6.07, 6.45) is -2.31. The standard InChI is InChI=1S/C35H40FN7O4/c1-22(2)33-32(35(47)39-27-12-8-5-9-13-27)31(24-10-6-4-7-11-24)34(25-14-16-26(36)17-15-25)43(33)19-18-28(44)20-29(45)21-30(46)38-23(3)40-42-41-37/h4-17,22,28-29,44-45H,3,18-21H2,1-2H3,(H2,37,42)(H,38,46)(H,39,47)(H,40,41)/t28-,29-/m1/s1. The van der Waals surface area contributed by atoms with Gasteiger partial charge < -0.3 is 31.3 Å². The summed E-state index contributed by atoms with van der Waals surface area (Å²) in [5.74, 6) is 3.58. The molecule has 1 heterocycles. The first-order valence-corrected chi connectivity index (χ1v) is 15.2. The number of carbonyl (C=O) groups is 2. The first-order valence-electron chi connectivity index (χ1n) is 15.2. The van der Waals surface area contributed by atoms with Crippen LogP contribution >= 0.6 is 0 Å². The van der Waals surface area contributed by atoms with Crippen LogP contribution in [0.25, 0.3) is 22.4 Å². The fourth-order valence-corrected chi connectivity index (χ4v) is 5.55. The zero-order valence-corrected chi connectivity index (χ0v) is 26.4. The summed E-state index contributed by atoms with van der Waals surface area (Å²) in [4.78, 5) is 26.4. The van der Waals surface area contributed by atoms with Crippen LogP contribution in [0, 0.1) is 5.82 Å². The molecule has 2 atom stereocenters. The lowest BCUT2D eigenvalue weighted by Crippen LogP contribution is -2.32. The Morgan fingerprint density at radius 3 is 2.19 bits per heavy atom. The molecule has 0 aliphatic heterocycles. The predicted molar refractivity (Wildman–Crippen MR) is 179 cm³/mol. The monoisotopic (exact) mass is 641 g/mol. The van der Waals surface area contributed by atoms with Gasteiger partial charge in [0.2, 0.25) is 5.91 Å². The van der Waals surface area contributed by atoms with Crippen LogP contribution in [-0.4, -0.2) is 38.8 Å². The molecule has 4 aromatic rings. The van der Waals surface area contributed by atoms with E-state index in [1.54, 1.807) is 12.1 Å². The van der Waals surface area contributed by atoms with E-state index in [-0.39, 0.29) is 43.5 Å². The molecule has 11 nitrogen and oxygen atoms in total. The summed E-state index contributed by atoms with van der Waals surface area (Å²) in [6, 6.07) is 24.8. The average molecular weight is 642 g/mol. The fraction of sp³-hybridized carbons (Fsp3) is 0.257. The highest BCUT2D eigenvalue weighted by Gasteiger charge is 2.31. The number of benzene rings is 3. The van der Waals surface area contributed by atoms with Gasteiger partial charge in [-0.25, -0.2) is 9.82 Å². The summed E-state index contributed by atoms with van der Waals surface area (Å²) in [5, 5.41) is 33.3. The zero-order valence-electron chi connectivity index (χ0n) is 26.4. The van der Waals surface area contributed by atoms with Crippen molar-refractivity contribution in [3.63, 3.8) is 0 Å². The molecule has 0 unspecified atom stereocenters. The number of nitrogens with one attached hydrogen (secondary N) is 3. The molecule has 0 saturated heterocycles. The number of amides is 2. The van der Waals surface area contributed by atoms with Gasteiger partial charge in [0.1, 0.15) is 11.6 Å². The largest absolute Gasteiger partial charge is 0.393 e. The third-order valence-electron chi connectivity index (χ3n) is 7.47. The highest BCUT2D eigenvalue weighted by molar-refractivity contribution is 6.12. The third-order valence-corrected chi connectivity index (χ3v) is 7.47. The smallest absolute Gasteiger partial charge is 0.258 e. The van der Waals surface area contributed by atoms with Crippen molar-refractivity contribution in [3.8, 4) is 22.4 Å². The van der Waals surface area contributed by atoms with Crippen molar-refractivity contribution in [2.45, 2.75) is 57.8 Å². The van der Waals surface area contributed by atoms with Gasteiger partial charge in [-0.15, -0.1) is 0 Å². The van der Waals surface area contributed by atoms with Gasteiger partial charge in [0, 0.05) is 23.5 Å². The number of nitrogens with zero attached hydrogens (tertiary/aromatic N) is 3. The van der Waals surface area contributed by atoms with Crippen LogP contribution in [0.15, 0.2) is 108 Å². The van der Waals surface area contributed by atoms with Crippen LogP contribution in [0.4, 0.5) is 10.1 Å². The molecule has 0 radical (unpaired) electrons. The molecule has 0 aliphatic carbocycles. The Hall–Kier alpha value is -5.33. The zero-order chi connectivity index (χ0) is 33.9. The van der Waals surface area contributed by atoms with E-state index in [1.807, 2.05) is 79.1 Å². The van der Waals surface area contributed by atoms with Gasteiger partial charge >= 0.3 is 0 Å². The van der Waals surface area contributed by atoms with E-state index in [0.717, 1.165) is 11.3 Å². The van der Waals surface area contributed by atoms with E-state index < -0.39 is 23.9 Å². The van der Waals surface area contributed by atoms with Crippen LogP contribution in [-0.2, 0) is 11.3 Å². The minimum absolute atomic E-state index is 0.0282. The molecule has 1 aromatic heterocycles. The third kappa shape index (κ3) is 9.12. The molecule has 4 rings (SSSR count). The Kier molecular flexibility index (Phi) is 12.0. The van der Waals surface area contributed by atoms with Gasteiger partial charge in [0.15, 0.2) is 0 Å². The fourth-order valence-electron chi connectivity index (χ4n) is 5.55. The van der Waals surface area contributed by atoms with Gasteiger partial charge in [0.25, 0.3) is 5.91 Å². The molecule has 2 amide bonds. The number of hydrogen-bond donors (Lipinski definition) is 6. The minimum Gasteiger partial charge on any atom is -0.393 e. The second-order valence-corrected chi connectivity index (χ2v) is 11.4. The lowest BCUT2D eigenvalue weighted by Gasteiger charge is -2.20. The van der Waals surface area contributed by atoms with E-state index in [9.17, 15) is 24.2 Å². The van der Waals surface area contributed by atoms with Crippen LogP contribution in [0.1, 0.15) is 55.1 Å². The number of halogens is 1. The molecule has 12 heteroatoms. The molecule has 7 N–H and O–H groups in total. The molecular formula is C35H40FN7O4. The predicted octanol–water partition coefficient (Wildman–Crippen LogP) is 5.65. The number of aromatic nitrogens is 1. The van der Waals surface area contributed by atoms with E-state index >= 15 is 0 Å². The summed E-state index contributed by atoms with van der Waals surface area (Å²) >= 11 is 0. The van der Waals surface area contributed by atoms with Crippen LogP contribution < -0.4 is 21.9 Å². The maximum Gasteiger partial charge on any atom is 0.258 e. The molecular weight excluding hydrogens is 601 g/mol. The first-order chi connectivity index (χ1) is 22.6. The number of para-hydroxylation sites is 1. The van der Waals surface area contributed by atoms with Gasteiger partial charge in [-0.2, -0.15) is 0 Å². The quantitative estimate of drug-likeness (QED) is 0.0558. The second kappa shape index (κ2) is 16.3. The highest BCUT2D eigenvalue weighted by Crippen LogP contribution is 2.42. The minimum atomic E-state index is -1.15. The van der Waals surface area contributed by atoms with E-state index in [1.165, 1.54) is 12.1 Å². The number of carbonyl (C=O) groups excluding carboxylic acids is 2. The van der Waals surface area contributed by atoms with Crippen LogP contribution in [0.5, 0.6) is 0 Å². The van der Waals surface area contributed by atoms with E-state index in [4.69, 9.17) is 5.84 Å². The molecule has 0 saturated carbocycles. The van der Waals surface area contributed by atoms with Crippen molar-refractivity contribution < 1.29 is 24.2 Å². The van der Waals surface area contributed by atoms with Gasteiger partial charge in [-0.1, -0.05) is 79.4 Å². The number of hydrogen-bond acceptors (Lipinski definition) is 6. The Labute approximate surface area is 273 Å². The van der Waals surface area contributed by atoms with Crippen molar-refractivity contribution >= 4 is 17.5 Å². The Morgan fingerprint density at radius 2 is 1.57 bits per heavy atom. The lowest BCUT2D eigenvalue weighted by atomic mass is 9.94. The summed E-state index contributed by atoms with van der Waals surface area (Å²) < 4.78 is 16.1. The van der Waals surface area contributed by atoms with Gasteiger partial charge in [-0.3, -0.25) is 9.59 Å². The lowest BCUT2D eigenvalue weighted by molar-refractivity contribution is -0.122. The number of aliphatic hydroxyl groups is 2. The highest BCUT2D eigenvalue weighted by atomic mass is 19.1. The summed E-state index contributed by atoms with van der Waals surface area (Å²) in [6.45, 7) is 7.80. The van der Waals surface area contributed by atoms with Crippen LogP contribution in [0.3, 0.4) is 0 Å². The molecule has 0 fully saturated rings. The molecule has 0 aliphatic rings. The Bertz CT molecular complexity index is 1690. The number of nitrogens with two attached hydrogens (primary N) is 1. The topological polar surface area (TPSA) is 166 Å². The maximum absolute atomic E-state index is 14.2. The van der Waals surface area contributed by atoms with E-state index in [2.05, 4.69) is 33.1 Å². The maximum atomic E-state index is 14.2. The van der Waals surface area contributed by atoms with Crippen LogP contribution in [0.2, 0.25) is 0 Å². The first kappa shape index (κ1) is 34.5. The van der Waals surface area contributed by atoms with Crippen molar-refractivity contribution in [1.82, 2.24) is 15.3 Å². The Morgan fingerprint density at radius 1 is 0.936 bits per heavy atom. The number of anilines is 1. The van der Waals surface area contributed by atoms with E-state index in [0.29, 0.717) is 28.1 Å². The normalized spacial score (nSPS) is 12.6. The SMILES string of the molecule is C=C(N/N=N\N)NC(=O)C[C@H](O)C[C@H](O)CCn1c(-c2ccc(F)cc2)c(-c2ccccc2)c(C(=O)Nc2ccccc2)c1C(C)C. The Balaban J connectivity index is 1.71. The average Bonchev–Trinajstić information content (AvgIpc) is 3.39.